The Hall–Kier alpha value is -0.970. The highest BCUT2D eigenvalue weighted by Gasteiger charge is 2.26. The van der Waals surface area contributed by atoms with E-state index >= 15 is 0 Å². The van der Waals surface area contributed by atoms with Crippen molar-refractivity contribution in [2.24, 2.45) is 5.73 Å². The molecule has 1 aromatic heterocycles. The second-order valence-corrected chi connectivity index (χ2v) is 4.92. The highest BCUT2D eigenvalue weighted by Crippen LogP contribution is 2.19. The van der Waals surface area contributed by atoms with Crippen LogP contribution in [0.1, 0.15) is 18.4 Å². The fourth-order valence-electron chi connectivity index (χ4n) is 2.64. The summed E-state index contributed by atoms with van der Waals surface area (Å²) < 4.78 is 5.44. The van der Waals surface area contributed by atoms with Gasteiger partial charge in [0.2, 0.25) is 0 Å². The van der Waals surface area contributed by atoms with Gasteiger partial charge in [-0.2, -0.15) is 0 Å². The fourth-order valence-corrected chi connectivity index (χ4v) is 2.64. The van der Waals surface area contributed by atoms with Gasteiger partial charge < -0.3 is 10.5 Å². The molecule has 4 nitrogen and oxygen atoms in total. The number of aromatic nitrogens is 1. The van der Waals surface area contributed by atoms with E-state index in [1.807, 2.05) is 18.5 Å². The van der Waals surface area contributed by atoms with Gasteiger partial charge in [0.05, 0.1) is 6.10 Å². The number of hydrogen-bond acceptors (Lipinski definition) is 4. The Kier molecular flexibility index (Phi) is 5.11. The van der Waals surface area contributed by atoms with Crippen molar-refractivity contribution in [3.05, 3.63) is 30.1 Å². The summed E-state index contributed by atoms with van der Waals surface area (Å²) in [7, 11) is 1.80. The van der Waals surface area contributed by atoms with Gasteiger partial charge in [0.25, 0.3) is 0 Å². The van der Waals surface area contributed by atoms with Crippen molar-refractivity contribution in [2.45, 2.75) is 31.4 Å². The molecule has 0 aromatic carbocycles. The number of nitrogens with two attached hydrogens (primary N) is 1. The summed E-state index contributed by atoms with van der Waals surface area (Å²) in [6.07, 6.45) is 7.35. The van der Waals surface area contributed by atoms with Crippen molar-refractivity contribution in [3.8, 4) is 0 Å². The molecule has 0 spiro atoms. The second-order valence-electron chi connectivity index (χ2n) is 4.92. The van der Waals surface area contributed by atoms with E-state index in [-0.39, 0.29) is 0 Å². The largest absolute Gasteiger partial charge is 0.381 e. The Labute approximate surface area is 109 Å². The quantitative estimate of drug-likeness (QED) is 0.848. The third-order valence-corrected chi connectivity index (χ3v) is 3.81. The Morgan fingerprint density at radius 2 is 2.44 bits per heavy atom. The number of likely N-dealkylation sites (tertiary alicyclic amines) is 1. The molecule has 0 saturated carbocycles. The van der Waals surface area contributed by atoms with Crippen molar-refractivity contribution in [1.29, 1.82) is 0 Å². The van der Waals surface area contributed by atoms with Crippen LogP contribution in [0.5, 0.6) is 0 Å². The Balaban J connectivity index is 1.85. The normalized spacial score (nSPS) is 25.2. The lowest BCUT2D eigenvalue weighted by Crippen LogP contribution is -2.49. The first-order valence-corrected chi connectivity index (χ1v) is 6.69. The van der Waals surface area contributed by atoms with Crippen molar-refractivity contribution >= 4 is 0 Å². The van der Waals surface area contributed by atoms with Gasteiger partial charge in [-0.3, -0.25) is 9.88 Å². The lowest BCUT2D eigenvalue weighted by Gasteiger charge is -2.38. The van der Waals surface area contributed by atoms with Gasteiger partial charge in [0.15, 0.2) is 0 Å². The Bertz CT molecular complexity index is 344. The minimum absolute atomic E-state index is 0.383. The maximum absolute atomic E-state index is 5.87. The number of pyridine rings is 1. The first kappa shape index (κ1) is 13.5. The summed E-state index contributed by atoms with van der Waals surface area (Å²) in [5.41, 5.74) is 7.16. The molecule has 0 amide bonds. The molecule has 1 aliphatic rings. The van der Waals surface area contributed by atoms with Crippen molar-refractivity contribution < 1.29 is 4.74 Å². The van der Waals surface area contributed by atoms with Gasteiger partial charge in [-0.25, -0.2) is 0 Å². The number of ether oxygens (including phenoxy) is 1. The lowest BCUT2D eigenvalue weighted by molar-refractivity contribution is 0.0138. The number of piperidine rings is 1. The second kappa shape index (κ2) is 6.83. The third kappa shape index (κ3) is 3.51. The van der Waals surface area contributed by atoms with E-state index in [1.165, 1.54) is 5.56 Å². The number of nitrogens with zero attached hydrogens (tertiary/aromatic N) is 2. The average Bonchev–Trinajstić information content (AvgIpc) is 2.46. The van der Waals surface area contributed by atoms with Gasteiger partial charge in [-0.15, -0.1) is 0 Å². The Morgan fingerprint density at radius 3 is 3.11 bits per heavy atom. The summed E-state index contributed by atoms with van der Waals surface area (Å²) in [6, 6.07) is 4.58. The third-order valence-electron chi connectivity index (χ3n) is 3.81. The predicted molar refractivity (Wildman–Crippen MR) is 72.4 cm³/mol. The van der Waals surface area contributed by atoms with Crippen LogP contribution >= 0.6 is 0 Å². The maximum Gasteiger partial charge on any atom is 0.0599 e. The SMILES string of the molecule is COC1CCN(CCc2cccnc2)C(CN)C1. The minimum Gasteiger partial charge on any atom is -0.381 e. The van der Waals surface area contributed by atoms with E-state index in [1.54, 1.807) is 7.11 Å². The minimum atomic E-state index is 0.383. The van der Waals surface area contributed by atoms with Crippen molar-refractivity contribution in [1.82, 2.24) is 9.88 Å². The molecule has 0 aliphatic carbocycles. The molecule has 18 heavy (non-hydrogen) atoms. The molecule has 2 N–H and O–H groups in total. The van der Waals surface area contributed by atoms with Crippen molar-refractivity contribution in [2.75, 3.05) is 26.7 Å². The first-order chi connectivity index (χ1) is 8.83. The van der Waals surface area contributed by atoms with Crippen LogP contribution in [-0.4, -0.2) is 48.8 Å². The smallest absolute Gasteiger partial charge is 0.0599 e. The average molecular weight is 249 g/mol. The number of hydrogen-bond donors (Lipinski definition) is 1. The molecule has 2 atom stereocenters. The van der Waals surface area contributed by atoms with Crippen LogP contribution in [-0.2, 0) is 11.2 Å². The van der Waals surface area contributed by atoms with Crippen LogP contribution < -0.4 is 5.73 Å². The Morgan fingerprint density at radius 1 is 1.56 bits per heavy atom. The van der Waals surface area contributed by atoms with Crippen LogP contribution in [0.4, 0.5) is 0 Å². The molecule has 0 radical (unpaired) electrons. The van der Waals surface area contributed by atoms with Crippen molar-refractivity contribution in [3.63, 3.8) is 0 Å². The molecule has 100 valence electrons. The van der Waals surface area contributed by atoms with E-state index in [4.69, 9.17) is 10.5 Å². The zero-order valence-electron chi connectivity index (χ0n) is 11.1. The lowest BCUT2D eigenvalue weighted by atomic mass is 9.98. The van der Waals surface area contributed by atoms with Gasteiger partial charge in [0, 0.05) is 45.2 Å². The zero-order chi connectivity index (χ0) is 12.8. The molecule has 1 aliphatic heterocycles. The topological polar surface area (TPSA) is 51.4 Å². The van der Waals surface area contributed by atoms with E-state index in [2.05, 4.69) is 16.0 Å². The van der Waals surface area contributed by atoms with Gasteiger partial charge in [-0.1, -0.05) is 6.07 Å². The van der Waals surface area contributed by atoms with Crippen LogP contribution in [0.3, 0.4) is 0 Å². The molecular formula is C14H23N3O. The van der Waals surface area contributed by atoms with Crippen LogP contribution in [0.2, 0.25) is 0 Å². The van der Waals surface area contributed by atoms with E-state index in [0.717, 1.165) is 32.4 Å². The molecular weight excluding hydrogens is 226 g/mol. The number of rotatable bonds is 5. The molecule has 2 unspecified atom stereocenters. The van der Waals surface area contributed by atoms with Crippen LogP contribution in [0.15, 0.2) is 24.5 Å². The highest BCUT2D eigenvalue weighted by atomic mass is 16.5. The molecule has 2 heterocycles. The summed E-state index contributed by atoms with van der Waals surface area (Å²) in [6.45, 7) is 2.86. The first-order valence-electron chi connectivity index (χ1n) is 6.69. The standard InChI is InChI=1S/C14H23N3O/c1-18-14-5-8-17(13(9-14)10-15)7-4-12-3-2-6-16-11-12/h2-3,6,11,13-14H,4-5,7-10,15H2,1H3. The summed E-state index contributed by atoms with van der Waals surface area (Å²) in [4.78, 5) is 6.64. The summed E-state index contributed by atoms with van der Waals surface area (Å²) in [5.74, 6) is 0. The van der Waals surface area contributed by atoms with Crippen LogP contribution in [0.25, 0.3) is 0 Å². The molecule has 4 heteroatoms. The van der Waals surface area contributed by atoms with E-state index in [0.29, 0.717) is 18.7 Å². The highest BCUT2D eigenvalue weighted by molar-refractivity contribution is 5.08. The summed E-state index contributed by atoms with van der Waals surface area (Å²) >= 11 is 0. The van der Waals surface area contributed by atoms with Gasteiger partial charge in [-0.05, 0) is 30.9 Å². The summed E-state index contributed by atoms with van der Waals surface area (Å²) in [5, 5.41) is 0. The molecule has 2 rings (SSSR count). The molecule has 1 saturated heterocycles. The van der Waals surface area contributed by atoms with Crippen LogP contribution in [0, 0.1) is 0 Å². The molecule has 1 aromatic rings. The molecule has 1 fully saturated rings. The maximum atomic E-state index is 5.87. The van der Waals surface area contributed by atoms with Gasteiger partial charge >= 0.3 is 0 Å². The van der Waals surface area contributed by atoms with E-state index < -0.39 is 0 Å². The monoisotopic (exact) mass is 249 g/mol. The fraction of sp³-hybridized carbons (Fsp3) is 0.643. The number of methoxy groups -OCH3 is 1. The molecule has 0 bridgehead atoms. The van der Waals surface area contributed by atoms with E-state index in [9.17, 15) is 0 Å². The zero-order valence-corrected chi connectivity index (χ0v) is 11.1. The van der Waals surface area contributed by atoms with Gasteiger partial charge in [0.1, 0.15) is 0 Å². The predicted octanol–water partition coefficient (Wildman–Crippen LogP) is 1.06.